The molecule has 1 aliphatic rings. The van der Waals surface area contributed by atoms with E-state index < -0.39 is 11.0 Å². The summed E-state index contributed by atoms with van der Waals surface area (Å²) in [6, 6.07) is 6.24. The monoisotopic (exact) mass is 179 g/mol. The van der Waals surface area contributed by atoms with E-state index in [1.54, 1.807) is 18.2 Å². The van der Waals surface area contributed by atoms with Gasteiger partial charge in [-0.2, -0.15) is 0 Å². The maximum Gasteiger partial charge on any atom is 0.422 e. The van der Waals surface area contributed by atoms with Crippen molar-refractivity contribution in [3.63, 3.8) is 0 Å². The summed E-state index contributed by atoms with van der Waals surface area (Å²) in [6.07, 6.45) is -1.30. The standard InChI is InChI=1S/C8H5NO4/c10-5-13-8-6-3-1-2-4-7(6)9(8,11)12/h1-4,8H/q-1. The summed E-state index contributed by atoms with van der Waals surface area (Å²) in [5, 5.41) is 22.4. The van der Waals surface area contributed by atoms with Crippen molar-refractivity contribution in [2.24, 2.45) is 0 Å². The molecule has 1 aromatic carbocycles. The first-order chi connectivity index (χ1) is 6.18. The van der Waals surface area contributed by atoms with Crippen molar-refractivity contribution in [2.75, 3.05) is 0 Å². The fourth-order valence-corrected chi connectivity index (χ4v) is 1.40. The predicted octanol–water partition coefficient (Wildman–Crippen LogP) is 1.09. The quantitative estimate of drug-likeness (QED) is 0.503. The minimum atomic E-state index is -1.91. The molecule has 5 nitrogen and oxygen atoms in total. The first kappa shape index (κ1) is 8.18. The molecule has 13 heavy (non-hydrogen) atoms. The molecule has 0 N–H and O–H groups in total. The van der Waals surface area contributed by atoms with Gasteiger partial charge in [0.05, 0.1) is 0 Å². The molecular formula is C8H5NO4-. The molecule has 0 bridgehead atoms. The molecule has 67 valence electrons. The van der Waals surface area contributed by atoms with Gasteiger partial charge in [0, 0.05) is 6.07 Å². The third kappa shape index (κ3) is 0.951. The Balaban J connectivity index is 2.41. The van der Waals surface area contributed by atoms with Crippen LogP contribution in [0.4, 0.5) is 5.69 Å². The van der Waals surface area contributed by atoms with Crippen molar-refractivity contribution in [2.45, 2.75) is 6.23 Å². The second kappa shape index (κ2) is 2.53. The van der Waals surface area contributed by atoms with Crippen molar-refractivity contribution in [1.82, 2.24) is 4.81 Å². The lowest BCUT2D eigenvalue weighted by atomic mass is 10.0. The van der Waals surface area contributed by atoms with Gasteiger partial charge in [-0.05, 0) is 6.07 Å². The minimum absolute atomic E-state index is 0.0859. The number of fused-ring (bicyclic) bond motifs is 1. The average Bonchev–Trinajstić information content (AvgIpc) is 2.14. The summed E-state index contributed by atoms with van der Waals surface area (Å²) in [5.74, 6) is 0. The fraction of sp³-hybridized carbons (Fsp3) is 0.125. The number of hydrogen-bond donors (Lipinski definition) is 0. The van der Waals surface area contributed by atoms with Gasteiger partial charge in [0.25, 0.3) is 6.23 Å². The summed E-state index contributed by atoms with van der Waals surface area (Å²) in [6.45, 7) is 1.10. The van der Waals surface area contributed by atoms with E-state index in [9.17, 15) is 15.2 Å². The highest BCUT2D eigenvalue weighted by atomic mass is 16.9. The van der Waals surface area contributed by atoms with Crippen LogP contribution < -0.4 is 4.81 Å². The number of para-hydroxylation sites is 1. The van der Waals surface area contributed by atoms with Crippen LogP contribution in [0, 0.1) is 10.4 Å². The summed E-state index contributed by atoms with van der Waals surface area (Å²) in [5.41, 5.74) is 0.540. The topological polar surface area (TPSA) is 72.4 Å². The molecule has 1 unspecified atom stereocenters. The molecule has 0 saturated carbocycles. The van der Waals surface area contributed by atoms with Gasteiger partial charge in [-0.25, -0.2) is 4.79 Å². The van der Waals surface area contributed by atoms with E-state index in [4.69, 9.17) is 0 Å². The number of rotatable bonds is 2. The van der Waals surface area contributed by atoms with Gasteiger partial charge < -0.3 is 20.0 Å². The first-order valence-corrected chi connectivity index (χ1v) is 3.61. The number of quaternary nitrogens is 1. The van der Waals surface area contributed by atoms with Gasteiger partial charge in [0.15, 0.2) is 0 Å². The van der Waals surface area contributed by atoms with E-state index >= 15 is 0 Å². The molecule has 1 aliphatic heterocycles. The zero-order chi connectivity index (χ0) is 9.47. The number of hydroxylamine groups is 2. The number of ether oxygens (including phenoxy) is 1. The molecule has 1 aromatic rings. The molecular weight excluding hydrogens is 174 g/mol. The van der Waals surface area contributed by atoms with Crippen LogP contribution in [0.5, 0.6) is 0 Å². The molecule has 2 rings (SSSR count). The molecule has 0 fully saturated rings. The van der Waals surface area contributed by atoms with Crippen molar-refractivity contribution in [3.05, 3.63) is 40.2 Å². The summed E-state index contributed by atoms with van der Waals surface area (Å²) < 4.78 is 4.26. The molecule has 0 aliphatic carbocycles. The third-order valence-electron chi connectivity index (χ3n) is 2.01. The van der Waals surface area contributed by atoms with Crippen LogP contribution in [0.1, 0.15) is 11.8 Å². The number of nitrogens with zero attached hydrogens (tertiary/aromatic N) is 1. The Bertz CT molecular complexity index is 350. The second-order valence-corrected chi connectivity index (χ2v) is 2.71. The third-order valence-corrected chi connectivity index (χ3v) is 2.01. The smallest absolute Gasteiger partial charge is 0.422 e. The lowest BCUT2D eigenvalue weighted by Crippen LogP contribution is -2.50. The van der Waals surface area contributed by atoms with E-state index in [0.29, 0.717) is 5.56 Å². The normalized spacial score (nSPS) is 22.8. The minimum Gasteiger partial charge on any atom is -0.623 e. The van der Waals surface area contributed by atoms with E-state index in [0.717, 1.165) is 6.47 Å². The Morgan fingerprint density at radius 3 is 2.77 bits per heavy atom. The van der Waals surface area contributed by atoms with Crippen LogP contribution in [0.2, 0.25) is 0 Å². The first-order valence-electron chi connectivity index (χ1n) is 3.61. The number of carbonyl (C=O) groups excluding carboxylic acids is 1. The van der Waals surface area contributed by atoms with Crippen LogP contribution in [0.25, 0.3) is 0 Å². The highest BCUT2D eigenvalue weighted by Gasteiger charge is 2.42. The van der Waals surface area contributed by atoms with Gasteiger partial charge in [0.1, 0.15) is 11.3 Å². The van der Waals surface area contributed by atoms with Crippen LogP contribution in [0.3, 0.4) is 0 Å². The summed E-state index contributed by atoms with van der Waals surface area (Å²) in [4.78, 5) is 7.96. The second-order valence-electron chi connectivity index (χ2n) is 2.71. The zero-order valence-electron chi connectivity index (χ0n) is 6.47. The maximum atomic E-state index is 11.2. The van der Waals surface area contributed by atoms with Crippen molar-refractivity contribution in [1.29, 1.82) is 0 Å². The molecule has 0 saturated heterocycles. The Morgan fingerprint density at radius 1 is 1.38 bits per heavy atom. The highest BCUT2D eigenvalue weighted by molar-refractivity contribution is 5.63. The molecule has 0 amide bonds. The van der Waals surface area contributed by atoms with Gasteiger partial charge in [-0.1, -0.05) is 12.1 Å². The molecule has 1 atom stereocenters. The SMILES string of the molecule is O=[C]OC1c2ccccc2[N+]1([O-])[O-]. The molecule has 5 heteroatoms. The van der Waals surface area contributed by atoms with E-state index in [2.05, 4.69) is 4.74 Å². The van der Waals surface area contributed by atoms with E-state index in [1.165, 1.54) is 6.07 Å². The molecule has 0 spiro atoms. The Labute approximate surface area is 73.9 Å². The van der Waals surface area contributed by atoms with Gasteiger partial charge >= 0.3 is 6.47 Å². The summed E-state index contributed by atoms with van der Waals surface area (Å²) >= 11 is 0. The Hall–Kier alpha value is -1.43. The van der Waals surface area contributed by atoms with E-state index in [1.807, 2.05) is 0 Å². The number of hydrogen-bond acceptors (Lipinski definition) is 4. The lowest BCUT2D eigenvalue weighted by molar-refractivity contribution is 0.0501. The zero-order valence-corrected chi connectivity index (χ0v) is 6.47. The lowest BCUT2D eigenvalue weighted by Gasteiger charge is -2.57. The Morgan fingerprint density at radius 2 is 2.08 bits per heavy atom. The fourth-order valence-electron chi connectivity index (χ4n) is 1.40. The predicted molar refractivity (Wildman–Crippen MR) is 44.5 cm³/mol. The van der Waals surface area contributed by atoms with Crippen molar-refractivity contribution >= 4 is 12.2 Å². The van der Waals surface area contributed by atoms with Crippen LogP contribution in [-0.2, 0) is 9.53 Å². The maximum absolute atomic E-state index is 11.2. The van der Waals surface area contributed by atoms with Gasteiger partial charge in [0.2, 0.25) is 0 Å². The van der Waals surface area contributed by atoms with Crippen molar-refractivity contribution < 1.29 is 9.53 Å². The summed E-state index contributed by atoms with van der Waals surface area (Å²) in [7, 11) is 0. The molecule has 1 radical (unpaired) electrons. The van der Waals surface area contributed by atoms with Gasteiger partial charge in [-0.3, -0.25) is 0 Å². The molecule has 1 heterocycles. The van der Waals surface area contributed by atoms with Crippen LogP contribution >= 0.6 is 0 Å². The van der Waals surface area contributed by atoms with E-state index in [-0.39, 0.29) is 5.69 Å². The molecule has 0 aromatic heterocycles. The van der Waals surface area contributed by atoms with Crippen LogP contribution in [-0.4, -0.2) is 6.47 Å². The average molecular weight is 179 g/mol. The van der Waals surface area contributed by atoms with Gasteiger partial charge in [-0.15, -0.1) is 0 Å². The highest BCUT2D eigenvalue weighted by Crippen LogP contribution is 2.48. The van der Waals surface area contributed by atoms with Crippen LogP contribution in [0.15, 0.2) is 24.3 Å². The number of benzene rings is 1. The largest absolute Gasteiger partial charge is 0.623 e. The Kier molecular flexibility index (Phi) is 1.59. The van der Waals surface area contributed by atoms with Crippen molar-refractivity contribution in [3.8, 4) is 0 Å².